The maximum atomic E-state index is 14.5. The molecule has 1 spiro atoms. The average Bonchev–Trinajstić information content (AvgIpc) is 3.49. The number of benzene rings is 1. The quantitative estimate of drug-likeness (QED) is 0.228. The van der Waals surface area contributed by atoms with Gasteiger partial charge in [0.05, 0.1) is 37.2 Å². The number of likely N-dealkylation sites (tertiary alicyclic amines) is 1. The molecule has 38 heavy (non-hydrogen) atoms. The van der Waals surface area contributed by atoms with Crippen LogP contribution < -0.4 is 0 Å². The molecule has 9 heteroatoms. The van der Waals surface area contributed by atoms with Gasteiger partial charge < -0.3 is 24.4 Å². The molecule has 0 aliphatic carbocycles. The number of hydrogen-bond acceptors (Lipinski definition) is 6. The Morgan fingerprint density at radius 2 is 2.05 bits per heavy atom. The Morgan fingerprint density at radius 3 is 2.66 bits per heavy atom. The first kappa shape index (κ1) is 28.8. The van der Waals surface area contributed by atoms with E-state index in [1.165, 1.54) is 4.90 Å². The van der Waals surface area contributed by atoms with E-state index in [0.29, 0.717) is 19.4 Å². The Labute approximate surface area is 233 Å². The van der Waals surface area contributed by atoms with Gasteiger partial charge in [-0.25, -0.2) is 0 Å². The van der Waals surface area contributed by atoms with Gasteiger partial charge in [0.25, 0.3) is 0 Å². The molecule has 3 aliphatic rings. The van der Waals surface area contributed by atoms with Crippen molar-refractivity contribution in [1.29, 1.82) is 0 Å². The van der Waals surface area contributed by atoms with E-state index in [4.69, 9.17) is 9.47 Å². The van der Waals surface area contributed by atoms with Crippen molar-refractivity contribution in [2.45, 2.75) is 81.1 Å². The molecule has 0 aromatic heterocycles. The van der Waals surface area contributed by atoms with E-state index >= 15 is 0 Å². The summed E-state index contributed by atoms with van der Waals surface area (Å²) >= 11 is 3.68. The number of esters is 1. The monoisotopic (exact) mass is 590 g/mol. The van der Waals surface area contributed by atoms with E-state index in [1.807, 2.05) is 37.3 Å². The topological polar surface area (TPSA) is 96.4 Å². The zero-order valence-electron chi connectivity index (χ0n) is 22.4. The van der Waals surface area contributed by atoms with Crippen molar-refractivity contribution >= 4 is 33.7 Å². The van der Waals surface area contributed by atoms with Gasteiger partial charge in [-0.2, -0.15) is 0 Å². The molecule has 1 aromatic carbocycles. The highest BCUT2D eigenvalue weighted by Gasteiger charge is 2.77. The third kappa shape index (κ3) is 4.82. The van der Waals surface area contributed by atoms with Crippen molar-refractivity contribution in [2.75, 3.05) is 19.8 Å². The number of amides is 2. The summed E-state index contributed by atoms with van der Waals surface area (Å²) < 4.78 is 11.9. The Bertz CT molecular complexity index is 1040. The zero-order valence-corrected chi connectivity index (χ0v) is 24.0. The molecular weight excluding hydrogens is 552 g/mol. The maximum Gasteiger partial charge on any atom is 0.312 e. The fraction of sp³-hybridized carbons (Fsp3) is 0.621. The number of fused-ring (bicyclic) bond motifs is 1. The molecule has 0 saturated carbocycles. The van der Waals surface area contributed by atoms with Gasteiger partial charge in [0.15, 0.2) is 0 Å². The second-order valence-electron chi connectivity index (χ2n) is 10.6. The third-order valence-corrected chi connectivity index (χ3v) is 9.13. The molecule has 1 aromatic rings. The van der Waals surface area contributed by atoms with Gasteiger partial charge in [0.2, 0.25) is 11.8 Å². The van der Waals surface area contributed by atoms with Crippen molar-refractivity contribution in [2.24, 2.45) is 11.8 Å². The summed E-state index contributed by atoms with van der Waals surface area (Å²) in [6.07, 6.45) is 3.58. The lowest BCUT2D eigenvalue weighted by molar-refractivity contribution is -0.156. The normalized spacial score (nSPS) is 31.1. The first-order valence-electron chi connectivity index (χ1n) is 13.6. The van der Waals surface area contributed by atoms with Crippen LogP contribution in [-0.2, 0) is 30.3 Å². The van der Waals surface area contributed by atoms with E-state index in [-0.39, 0.29) is 35.9 Å². The summed E-state index contributed by atoms with van der Waals surface area (Å²) in [6.45, 7) is 9.83. The number of halogens is 1. The number of nitrogens with zero attached hydrogens (tertiary/aromatic N) is 2. The lowest BCUT2D eigenvalue weighted by Gasteiger charge is -2.41. The van der Waals surface area contributed by atoms with Crippen LogP contribution in [0.3, 0.4) is 0 Å². The molecule has 0 radical (unpaired) electrons. The van der Waals surface area contributed by atoms with Gasteiger partial charge in [-0.1, -0.05) is 65.7 Å². The number of aliphatic hydroxyl groups excluding tert-OH is 1. The number of ether oxygens (including phenoxy) is 2. The molecule has 2 bridgehead atoms. The highest BCUT2D eigenvalue weighted by molar-refractivity contribution is 9.09. The SMILES string of the molecule is C=CCN(C(=O)C1N([C@@H](CO)Cc2ccccc2)C(=O)[C@@H]2[C@H](C(=O)OCC)[C@H]3OC12CC3Br)C(C)CCC. The minimum Gasteiger partial charge on any atom is -0.466 e. The van der Waals surface area contributed by atoms with Gasteiger partial charge in [-0.05, 0) is 38.7 Å². The maximum absolute atomic E-state index is 14.5. The fourth-order valence-corrected chi connectivity index (χ4v) is 7.68. The van der Waals surface area contributed by atoms with Crippen LogP contribution in [0.2, 0.25) is 0 Å². The standard InChI is InChI=1S/C29H39BrN2O6/c1-5-11-18(4)31(14-6-2)27(35)25-29-16-21(30)24(38-29)22(28(36)37-7-3)23(29)26(34)32(25)20(17-33)15-19-12-9-8-10-13-19/h6,8-10,12-13,18,20-25,33H,2,5,7,11,14-17H2,1,3-4H3/t18?,20-,21?,22+,23+,24+,25?,29?/m1/s1. The van der Waals surface area contributed by atoms with Gasteiger partial charge in [-0.15, -0.1) is 6.58 Å². The Kier molecular flexibility index (Phi) is 9.00. The molecule has 8 atom stereocenters. The second kappa shape index (κ2) is 11.9. The third-order valence-electron chi connectivity index (χ3n) is 8.29. The van der Waals surface area contributed by atoms with Crippen molar-refractivity contribution in [3.8, 4) is 0 Å². The summed E-state index contributed by atoms with van der Waals surface area (Å²) in [6, 6.07) is 7.85. The van der Waals surface area contributed by atoms with Gasteiger partial charge in [-0.3, -0.25) is 14.4 Å². The van der Waals surface area contributed by atoms with Gasteiger partial charge in [0.1, 0.15) is 11.6 Å². The van der Waals surface area contributed by atoms with Crippen LogP contribution in [0.15, 0.2) is 43.0 Å². The van der Waals surface area contributed by atoms with E-state index in [1.54, 1.807) is 17.9 Å². The molecule has 208 valence electrons. The van der Waals surface area contributed by atoms with Crippen molar-refractivity contribution < 1.29 is 29.0 Å². The number of carbonyl (C=O) groups is 3. The molecule has 8 nitrogen and oxygen atoms in total. The number of rotatable bonds is 12. The Morgan fingerprint density at radius 1 is 1.34 bits per heavy atom. The van der Waals surface area contributed by atoms with Crippen molar-refractivity contribution in [3.05, 3.63) is 48.6 Å². The van der Waals surface area contributed by atoms with Gasteiger partial charge >= 0.3 is 5.97 Å². The second-order valence-corrected chi connectivity index (χ2v) is 11.8. The summed E-state index contributed by atoms with van der Waals surface area (Å²) in [4.78, 5) is 45.0. The largest absolute Gasteiger partial charge is 0.466 e. The molecule has 3 aliphatic heterocycles. The summed E-state index contributed by atoms with van der Waals surface area (Å²) in [7, 11) is 0. The first-order valence-corrected chi connectivity index (χ1v) is 14.5. The van der Waals surface area contributed by atoms with Crippen LogP contribution in [0.25, 0.3) is 0 Å². The summed E-state index contributed by atoms with van der Waals surface area (Å²) in [5.74, 6) is -2.73. The lowest BCUT2D eigenvalue weighted by Crippen LogP contribution is -2.60. The molecule has 4 unspecified atom stereocenters. The molecule has 1 N–H and O–H groups in total. The molecule has 2 amide bonds. The highest BCUT2D eigenvalue weighted by atomic mass is 79.9. The van der Waals surface area contributed by atoms with Crippen LogP contribution in [0.4, 0.5) is 0 Å². The number of alkyl halides is 1. The van der Waals surface area contributed by atoms with Crippen LogP contribution in [-0.4, -0.2) is 87.1 Å². The minimum atomic E-state index is -1.19. The molecule has 3 saturated heterocycles. The van der Waals surface area contributed by atoms with E-state index in [9.17, 15) is 19.5 Å². The predicted octanol–water partition coefficient (Wildman–Crippen LogP) is 3.10. The van der Waals surface area contributed by atoms with Crippen LogP contribution in [0.1, 0.15) is 45.6 Å². The number of carbonyl (C=O) groups excluding carboxylic acids is 3. The van der Waals surface area contributed by atoms with Gasteiger partial charge in [0, 0.05) is 17.4 Å². The molecule has 4 rings (SSSR count). The first-order chi connectivity index (χ1) is 18.2. The average molecular weight is 592 g/mol. The Hall–Kier alpha value is -2.23. The van der Waals surface area contributed by atoms with E-state index in [0.717, 1.165) is 18.4 Å². The number of hydrogen-bond donors (Lipinski definition) is 1. The molecular formula is C29H39BrN2O6. The van der Waals surface area contributed by atoms with Crippen LogP contribution in [0, 0.1) is 11.8 Å². The van der Waals surface area contributed by atoms with Crippen molar-refractivity contribution in [3.63, 3.8) is 0 Å². The molecule has 3 heterocycles. The van der Waals surface area contributed by atoms with Crippen molar-refractivity contribution in [1.82, 2.24) is 9.80 Å². The fourth-order valence-electron chi connectivity index (χ4n) is 6.74. The van der Waals surface area contributed by atoms with E-state index in [2.05, 4.69) is 29.4 Å². The summed E-state index contributed by atoms with van der Waals surface area (Å²) in [5.41, 5.74) is -0.257. The zero-order chi connectivity index (χ0) is 27.6. The van der Waals surface area contributed by atoms with E-state index < -0.39 is 41.6 Å². The predicted molar refractivity (Wildman–Crippen MR) is 146 cm³/mol. The van der Waals surface area contributed by atoms with Crippen LogP contribution in [0.5, 0.6) is 0 Å². The van der Waals surface area contributed by atoms with Crippen LogP contribution >= 0.6 is 15.9 Å². The lowest BCUT2D eigenvalue weighted by atomic mass is 9.70. The smallest absolute Gasteiger partial charge is 0.312 e. The minimum absolute atomic E-state index is 0.0844. The molecule has 3 fully saturated rings. The summed E-state index contributed by atoms with van der Waals surface area (Å²) in [5, 5.41) is 10.6. The Balaban J connectivity index is 1.81. The highest BCUT2D eigenvalue weighted by Crippen LogP contribution is 2.60. The number of aliphatic hydroxyl groups is 1.